The fraction of sp³-hybridized carbons (Fsp3) is 0.231. The van der Waals surface area contributed by atoms with E-state index in [0.717, 1.165) is 12.8 Å². The highest BCUT2D eigenvalue weighted by Gasteiger charge is 2.31. The number of hydrogen-bond acceptors (Lipinski definition) is 5. The summed E-state index contributed by atoms with van der Waals surface area (Å²) in [7, 11) is 0. The summed E-state index contributed by atoms with van der Waals surface area (Å²) < 4.78 is 15.8. The Morgan fingerprint density at radius 3 is 2.74 bits per heavy atom. The summed E-state index contributed by atoms with van der Waals surface area (Å²) in [4.78, 5) is 11.8. The lowest BCUT2D eigenvalue weighted by Crippen LogP contribution is -2.05. The molecule has 1 aromatic carbocycles. The van der Waals surface area contributed by atoms with Crippen LogP contribution in [0.4, 0.5) is 10.1 Å². The molecule has 1 aliphatic rings. The van der Waals surface area contributed by atoms with Crippen LogP contribution in [-0.4, -0.2) is 10.2 Å². The normalized spacial score (nSPS) is 15.4. The second-order valence-corrected chi connectivity index (χ2v) is 4.90. The van der Waals surface area contributed by atoms with E-state index in [1.807, 2.05) is 0 Å². The summed E-state index contributed by atoms with van der Waals surface area (Å²) in [6, 6.07) is 7.60. The Hall–Kier alpha value is -2.00. The molecular formula is C13H11FN2O2S. The van der Waals surface area contributed by atoms with E-state index in [1.54, 1.807) is 12.1 Å². The molecule has 2 rings (SSSR count). The summed E-state index contributed by atoms with van der Waals surface area (Å²) in [6.07, 6.45) is 1.57. The number of nitriles is 1. The number of hydrogen-bond donors (Lipinski definition) is 2. The van der Waals surface area contributed by atoms with E-state index in [9.17, 15) is 14.3 Å². The first-order valence-electron chi connectivity index (χ1n) is 5.68. The van der Waals surface area contributed by atoms with E-state index in [1.165, 1.54) is 18.2 Å². The van der Waals surface area contributed by atoms with E-state index in [-0.39, 0.29) is 22.9 Å². The van der Waals surface area contributed by atoms with Crippen molar-refractivity contribution >= 4 is 22.8 Å². The van der Waals surface area contributed by atoms with Gasteiger partial charge in [-0.05, 0) is 25.0 Å². The van der Waals surface area contributed by atoms with Gasteiger partial charge in [0.05, 0.1) is 5.69 Å². The molecule has 0 spiro atoms. The van der Waals surface area contributed by atoms with Crippen LogP contribution in [0.25, 0.3) is 0 Å². The van der Waals surface area contributed by atoms with Gasteiger partial charge in [-0.15, -0.1) is 0 Å². The lowest BCUT2D eigenvalue weighted by molar-refractivity contribution is -0.107. The molecule has 0 atom stereocenters. The molecule has 98 valence electrons. The Kier molecular flexibility index (Phi) is 4.07. The number of aliphatic hydroxyl groups is 1. The van der Waals surface area contributed by atoms with Crippen molar-refractivity contribution in [3.63, 3.8) is 0 Å². The maximum Gasteiger partial charge on any atom is 0.253 e. The van der Waals surface area contributed by atoms with E-state index in [4.69, 9.17) is 5.26 Å². The van der Waals surface area contributed by atoms with Gasteiger partial charge >= 0.3 is 0 Å². The zero-order valence-electron chi connectivity index (χ0n) is 9.89. The molecule has 0 saturated heterocycles. The monoisotopic (exact) mass is 278 g/mol. The Morgan fingerprint density at radius 2 is 2.16 bits per heavy atom. The van der Waals surface area contributed by atoms with Gasteiger partial charge in [-0.25, -0.2) is 4.39 Å². The minimum absolute atomic E-state index is 0.0762. The molecule has 0 radical (unpaired) electrons. The van der Waals surface area contributed by atoms with Crippen LogP contribution in [0.2, 0.25) is 0 Å². The van der Waals surface area contributed by atoms with E-state index in [2.05, 4.69) is 4.72 Å². The minimum Gasteiger partial charge on any atom is -0.510 e. The van der Waals surface area contributed by atoms with Gasteiger partial charge in [-0.2, -0.15) is 5.26 Å². The molecule has 0 unspecified atom stereocenters. The molecule has 1 aliphatic carbocycles. The fourth-order valence-corrected chi connectivity index (χ4v) is 2.09. The molecule has 19 heavy (non-hydrogen) atoms. The van der Waals surface area contributed by atoms with Crippen LogP contribution in [0.15, 0.2) is 35.6 Å². The first-order valence-corrected chi connectivity index (χ1v) is 6.50. The van der Waals surface area contributed by atoms with Crippen LogP contribution >= 0.6 is 11.9 Å². The molecule has 6 heteroatoms. The zero-order chi connectivity index (χ0) is 13.8. The van der Waals surface area contributed by atoms with Crippen LogP contribution < -0.4 is 4.72 Å². The lowest BCUT2D eigenvalue weighted by atomic mass is 10.2. The average Bonchev–Trinajstić information content (AvgIpc) is 3.23. The van der Waals surface area contributed by atoms with Gasteiger partial charge in [0.15, 0.2) is 0 Å². The third kappa shape index (κ3) is 3.26. The van der Waals surface area contributed by atoms with Crippen molar-refractivity contribution in [2.75, 3.05) is 4.72 Å². The van der Waals surface area contributed by atoms with Crippen LogP contribution in [-0.2, 0) is 4.79 Å². The highest BCUT2D eigenvalue weighted by Crippen LogP contribution is 2.37. The number of anilines is 1. The average molecular weight is 278 g/mol. The molecule has 4 nitrogen and oxygen atoms in total. The number of halogens is 1. The molecular weight excluding hydrogens is 267 g/mol. The van der Waals surface area contributed by atoms with Gasteiger partial charge in [0.2, 0.25) is 0 Å². The smallest absolute Gasteiger partial charge is 0.253 e. The maximum absolute atomic E-state index is 13.3. The van der Waals surface area contributed by atoms with Crippen LogP contribution in [0.1, 0.15) is 12.8 Å². The topological polar surface area (TPSA) is 73.1 Å². The fourth-order valence-electron chi connectivity index (χ4n) is 1.46. The van der Waals surface area contributed by atoms with E-state index in [0.29, 0.717) is 11.9 Å². The number of rotatable bonds is 4. The first kappa shape index (κ1) is 13.4. The summed E-state index contributed by atoms with van der Waals surface area (Å²) >= 11 is 0.581. The second kappa shape index (κ2) is 5.76. The second-order valence-electron chi connectivity index (χ2n) is 4.12. The van der Waals surface area contributed by atoms with E-state index < -0.39 is 10.9 Å². The summed E-state index contributed by atoms with van der Waals surface area (Å²) in [5.74, 6) is -0.723. The number of para-hydroxylation sites is 1. The van der Waals surface area contributed by atoms with Gasteiger partial charge < -0.3 is 9.83 Å². The number of allylic oxidation sites excluding steroid dienone is 1. The van der Waals surface area contributed by atoms with Crippen LogP contribution in [0.3, 0.4) is 0 Å². The molecule has 0 aliphatic heterocycles. The predicted octanol–water partition coefficient (Wildman–Crippen LogP) is 3.16. The van der Waals surface area contributed by atoms with Crippen LogP contribution in [0, 0.1) is 23.1 Å². The molecule has 0 heterocycles. The maximum atomic E-state index is 13.3. The number of carbonyl (C=O) groups excluding carboxylic acids is 1. The standard InChI is InChI=1S/C13H11FN2O2S/c14-10-3-1-2-4-11(10)16-19-13(18)9(7-15)12(17)8-5-6-8/h1-4,8,16-17H,5-6H2/b12-9-. The van der Waals surface area contributed by atoms with Crippen molar-refractivity contribution in [2.24, 2.45) is 5.92 Å². The Morgan fingerprint density at radius 1 is 1.47 bits per heavy atom. The van der Waals surface area contributed by atoms with Gasteiger partial charge in [-0.1, -0.05) is 12.1 Å². The van der Waals surface area contributed by atoms with Gasteiger partial charge in [0.1, 0.15) is 23.2 Å². The summed E-state index contributed by atoms with van der Waals surface area (Å²) in [6.45, 7) is 0. The quantitative estimate of drug-likeness (QED) is 0.383. The van der Waals surface area contributed by atoms with Crippen molar-refractivity contribution in [1.82, 2.24) is 0 Å². The van der Waals surface area contributed by atoms with Gasteiger partial charge in [0.25, 0.3) is 5.12 Å². The third-order valence-electron chi connectivity index (χ3n) is 2.66. The van der Waals surface area contributed by atoms with Crippen molar-refractivity contribution in [3.8, 4) is 6.07 Å². The lowest BCUT2D eigenvalue weighted by Gasteiger charge is -2.05. The number of nitrogens with zero attached hydrogens (tertiary/aromatic N) is 1. The molecule has 1 aromatic rings. The summed E-state index contributed by atoms with van der Waals surface area (Å²) in [5, 5.41) is 18.0. The number of benzene rings is 1. The van der Waals surface area contributed by atoms with Crippen molar-refractivity contribution in [2.45, 2.75) is 12.8 Å². The van der Waals surface area contributed by atoms with Crippen molar-refractivity contribution in [1.29, 1.82) is 5.26 Å². The highest BCUT2D eigenvalue weighted by atomic mass is 32.2. The Balaban J connectivity index is 2.03. The SMILES string of the molecule is N#C/C(C(=O)SNc1ccccc1F)=C(/O)C1CC1. The van der Waals surface area contributed by atoms with Crippen molar-refractivity contribution < 1.29 is 14.3 Å². The van der Waals surface area contributed by atoms with Crippen LogP contribution in [0.5, 0.6) is 0 Å². The molecule has 0 amide bonds. The molecule has 0 bridgehead atoms. The van der Waals surface area contributed by atoms with Gasteiger partial charge in [0, 0.05) is 17.9 Å². The van der Waals surface area contributed by atoms with E-state index >= 15 is 0 Å². The summed E-state index contributed by atoms with van der Waals surface area (Å²) in [5.41, 5.74) is -0.111. The van der Waals surface area contributed by atoms with Gasteiger partial charge in [-0.3, -0.25) is 4.79 Å². The number of carbonyl (C=O) groups is 1. The number of aliphatic hydroxyl groups excluding tert-OH is 1. The first-order chi connectivity index (χ1) is 9.13. The number of nitrogens with one attached hydrogen (secondary N) is 1. The Bertz CT molecular complexity index is 576. The minimum atomic E-state index is -0.616. The third-order valence-corrected chi connectivity index (χ3v) is 3.38. The predicted molar refractivity (Wildman–Crippen MR) is 70.6 cm³/mol. The molecule has 1 saturated carbocycles. The largest absolute Gasteiger partial charge is 0.510 e. The zero-order valence-corrected chi connectivity index (χ0v) is 10.7. The molecule has 1 fully saturated rings. The highest BCUT2D eigenvalue weighted by molar-refractivity contribution is 8.15. The Labute approximate surface area is 114 Å². The molecule has 2 N–H and O–H groups in total. The van der Waals surface area contributed by atoms with Crippen molar-refractivity contribution in [3.05, 3.63) is 41.4 Å². The molecule has 0 aromatic heterocycles.